The van der Waals surface area contributed by atoms with Crippen LogP contribution in [0.1, 0.15) is 5.56 Å². The number of nitrogens with zero attached hydrogens (tertiary/aromatic N) is 2. The van der Waals surface area contributed by atoms with Gasteiger partial charge in [-0.3, -0.25) is 4.98 Å². The molecule has 84 valence electrons. The molecule has 17 heavy (non-hydrogen) atoms. The molecule has 0 saturated heterocycles. The number of halogens is 3. The van der Waals surface area contributed by atoms with Gasteiger partial charge in [-0.25, -0.2) is 0 Å². The van der Waals surface area contributed by atoms with Crippen LogP contribution >= 0.6 is 34.8 Å². The Hall–Kier alpha value is -1.27. The second kappa shape index (κ2) is 4.93. The lowest BCUT2D eigenvalue weighted by Crippen LogP contribution is -1.87. The standard InChI is InChI=1S/C12H5Cl3N2/c13-10-4-12(15)11(14)3-8(10)9-6-17-2-1-7(9)5-16/h1-4,6H. The summed E-state index contributed by atoms with van der Waals surface area (Å²) < 4.78 is 0. The van der Waals surface area contributed by atoms with Crippen LogP contribution in [-0.4, -0.2) is 4.98 Å². The van der Waals surface area contributed by atoms with Gasteiger partial charge in [0.05, 0.1) is 26.7 Å². The van der Waals surface area contributed by atoms with Crippen molar-refractivity contribution in [2.45, 2.75) is 0 Å². The van der Waals surface area contributed by atoms with Gasteiger partial charge in [-0.05, 0) is 18.2 Å². The highest BCUT2D eigenvalue weighted by Gasteiger charge is 2.11. The van der Waals surface area contributed by atoms with Crippen LogP contribution in [0.2, 0.25) is 15.1 Å². The topological polar surface area (TPSA) is 36.7 Å². The van der Waals surface area contributed by atoms with E-state index in [9.17, 15) is 0 Å². The van der Waals surface area contributed by atoms with Crippen LogP contribution in [0.4, 0.5) is 0 Å². The fourth-order valence-electron chi connectivity index (χ4n) is 1.44. The molecule has 0 spiro atoms. The molecule has 0 N–H and O–H groups in total. The monoisotopic (exact) mass is 282 g/mol. The summed E-state index contributed by atoms with van der Waals surface area (Å²) in [6.45, 7) is 0. The van der Waals surface area contributed by atoms with Gasteiger partial charge in [-0.2, -0.15) is 5.26 Å². The lowest BCUT2D eigenvalue weighted by molar-refractivity contribution is 1.31. The van der Waals surface area contributed by atoms with Gasteiger partial charge >= 0.3 is 0 Å². The molecule has 0 radical (unpaired) electrons. The second-order valence-corrected chi connectivity index (χ2v) is 4.50. The maximum Gasteiger partial charge on any atom is 0.0999 e. The van der Waals surface area contributed by atoms with Crippen LogP contribution < -0.4 is 0 Å². The van der Waals surface area contributed by atoms with Gasteiger partial charge in [0.1, 0.15) is 0 Å². The third-order valence-corrected chi connectivity index (χ3v) is 3.28. The highest BCUT2D eigenvalue weighted by Crippen LogP contribution is 2.36. The summed E-state index contributed by atoms with van der Waals surface area (Å²) in [6, 6.07) is 6.88. The van der Waals surface area contributed by atoms with Crippen LogP contribution in [0.15, 0.2) is 30.6 Å². The van der Waals surface area contributed by atoms with E-state index in [1.165, 1.54) is 0 Å². The van der Waals surface area contributed by atoms with Crippen LogP contribution in [0, 0.1) is 11.3 Å². The van der Waals surface area contributed by atoms with Gasteiger partial charge in [0.15, 0.2) is 0 Å². The lowest BCUT2D eigenvalue weighted by Gasteiger charge is -2.07. The number of rotatable bonds is 1. The smallest absolute Gasteiger partial charge is 0.0999 e. The van der Waals surface area contributed by atoms with E-state index in [1.54, 1.807) is 30.6 Å². The predicted octanol–water partition coefficient (Wildman–Crippen LogP) is 4.58. The fraction of sp³-hybridized carbons (Fsp3) is 0. The van der Waals surface area contributed by atoms with E-state index in [4.69, 9.17) is 40.1 Å². The molecule has 0 aliphatic carbocycles. The summed E-state index contributed by atoms with van der Waals surface area (Å²) >= 11 is 17.9. The Morgan fingerprint density at radius 1 is 1.00 bits per heavy atom. The number of hydrogen-bond acceptors (Lipinski definition) is 2. The molecule has 0 aliphatic heterocycles. The van der Waals surface area contributed by atoms with Crippen LogP contribution in [0.3, 0.4) is 0 Å². The van der Waals surface area contributed by atoms with E-state index in [-0.39, 0.29) is 0 Å². The SMILES string of the molecule is N#Cc1ccncc1-c1cc(Cl)c(Cl)cc1Cl. The molecule has 2 rings (SSSR count). The van der Waals surface area contributed by atoms with Crippen LogP contribution in [-0.2, 0) is 0 Å². The van der Waals surface area contributed by atoms with Crippen LogP contribution in [0.25, 0.3) is 11.1 Å². The van der Waals surface area contributed by atoms with E-state index in [0.717, 1.165) is 0 Å². The normalized spacial score (nSPS) is 10.0. The Balaban J connectivity index is 2.69. The van der Waals surface area contributed by atoms with Crippen molar-refractivity contribution in [1.82, 2.24) is 4.98 Å². The summed E-state index contributed by atoms with van der Waals surface area (Å²) in [6.07, 6.45) is 3.12. The predicted molar refractivity (Wildman–Crippen MR) is 69.4 cm³/mol. The highest BCUT2D eigenvalue weighted by molar-refractivity contribution is 6.44. The molecule has 0 saturated carbocycles. The van der Waals surface area contributed by atoms with Gasteiger partial charge in [-0.15, -0.1) is 0 Å². The zero-order chi connectivity index (χ0) is 12.4. The molecule has 5 heteroatoms. The van der Waals surface area contributed by atoms with Crippen molar-refractivity contribution in [2.24, 2.45) is 0 Å². The first-order valence-corrected chi connectivity index (χ1v) is 5.76. The molecule has 0 bridgehead atoms. The van der Waals surface area contributed by atoms with Gasteiger partial charge in [0.2, 0.25) is 0 Å². The minimum Gasteiger partial charge on any atom is -0.264 e. The van der Waals surface area contributed by atoms with Crippen molar-refractivity contribution in [1.29, 1.82) is 5.26 Å². The summed E-state index contributed by atoms with van der Waals surface area (Å²) in [5.74, 6) is 0. The van der Waals surface area contributed by atoms with E-state index < -0.39 is 0 Å². The van der Waals surface area contributed by atoms with Gasteiger partial charge in [0.25, 0.3) is 0 Å². The third kappa shape index (κ3) is 2.37. The average Bonchev–Trinajstić information content (AvgIpc) is 2.34. The summed E-state index contributed by atoms with van der Waals surface area (Å²) in [4.78, 5) is 3.98. The van der Waals surface area contributed by atoms with E-state index in [2.05, 4.69) is 11.1 Å². The number of aromatic nitrogens is 1. The Labute approximate surface area is 113 Å². The maximum atomic E-state index is 9.01. The average molecular weight is 284 g/mol. The Kier molecular flexibility index (Phi) is 3.54. The lowest BCUT2D eigenvalue weighted by atomic mass is 10.0. The van der Waals surface area contributed by atoms with Crippen molar-refractivity contribution >= 4 is 34.8 Å². The molecule has 0 amide bonds. The van der Waals surface area contributed by atoms with Gasteiger partial charge in [-0.1, -0.05) is 34.8 Å². The molecule has 1 aromatic heterocycles. The Morgan fingerprint density at radius 3 is 2.41 bits per heavy atom. The van der Waals surface area contributed by atoms with E-state index in [1.807, 2.05) is 0 Å². The van der Waals surface area contributed by atoms with Gasteiger partial charge in [0, 0.05) is 23.5 Å². The molecule has 1 aromatic carbocycles. The Bertz CT molecular complexity index is 618. The van der Waals surface area contributed by atoms with Crippen molar-refractivity contribution in [3.05, 3.63) is 51.2 Å². The molecular formula is C12H5Cl3N2. The maximum absolute atomic E-state index is 9.01. The first kappa shape index (κ1) is 12.2. The second-order valence-electron chi connectivity index (χ2n) is 3.28. The van der Waals surface area contributed by atoms with Crippen LogP contribution in [0.5, 0.6) is 0 Å². The number of hydrogen-bond donors (Lipinski definition) is 0. The first-order valence-electron chi connectivity index (χ1n) is 4.62. The van der Waals surface area contributed by atoms with Gasteiger partial charge < -0.3 is 0 Å². The first-order chi connectivity index (χ1) is 8.13. The summed E-state index contributed by atoms with van der Waals surface area (Å²) in [7, 11) is 0. The van der Waals surface area contributed by atoms with Crippen molar-refractivity contribution < 1.29 is 0 Å². The molecule has 2 aromatic rings. The minimum absolute atomic E-state index is 0.378. The molecule has 2 nitrogen and oxygen atoms in total. The number of nitriles is 1. The summed E-state index contributed by atoms with van der Waals surface area (Å²) in [5, 5.41) is 10.2. The fourth-order valence-corrected chi connectivity index (χ4v) is 2.08. The minimum atomic E-state index is 0.378. The zero-order valence-corrected chi connectivity index (χ0v) is 10.7. The Morgan fingerprint density at radius 2 is 1.71 bits per heavy atom. The highest BCUT2D eigenvalue weighted by atomic mass is 35.5. The zero-order valence-electron chi connectivity index (χ0n) is 8.42. The molecule has 0 unspecified atom stereocenters. The number of benzene rings is 1. The summed E-state index contributed by atoms with van der Waals surface area (Å²) in [5.41, 5.74) is 1.77. The van der Waals surface area contributed by atoms with Crippen molar-refractivity contribution in [3.63, 3.8) is 0 Å². The van der Waals surface area contributed by atoms with E-state index >= 15 is 0 Å². The quantitative estimate of drug-likeness (QED) is 0.718. The molecular weight excluding hydrogens is 279 g/mol. The largest absolute Gasteiger partial charge is 0.264 e. The van der Waals surface area contributed by atoms with Crippen molar-refractivity contribution in [2.75, 3.05) is 0 Å². The molecule has 0 atom stereocenters. The number of pyridine rings is 1. The van der Waals surface area contributed by atoms with E-state index in [0.29, 0.717) is 31.8 Å². The van der Waals surface area contributed by atoms with Crippen molar-refractivity contribution in [3.8, 4) is 17.2 Å². The third-order valence-electron chi connectivity index (χ3n) is 2.24. The molecule has 1 heterocycles. The molecule has 0 fully saturated rings. The molecule has 0 aliphatic rings.